The van der Waals surface area contributed by atoms with Gasteiger partial charge < -0.3 is 20.1 Å². The smallest absolute Gasteiger partial charge is 0.220 e. The molecule has 5 nitrogen and oxygen atoms in total. The fourth-order valence-electron chi connectivity index (χ4n) is 3.12. The van der Waals surface area contributed by atoms with Crippen molar-refractivity contribution in [2.45, 2.75) is 51.7 Å². The van der Waals surface area contributed by atoms with Crippen LogP contribution in [0.15, 0.2) is 0 Å². The molecule has 0 bridgehead atoms. The van der Waals surface area contributed by atoms with Gasteiger partial charge in [-0.3, -0.25) is 4.79 Å². The van der Waals surface area contributed by atoms with Crippen molar-refractivity contribution in [2.24, 2.45) is 11.8 Å². The van der Waals surface area contributed by atoms with Crippen molar-refractivity contribution in [3.05, 3.63) is 0 Å². The topological polar surface area (TPSA) is 59.6 Å². The highest BCUT2D eigenvalue weighted by molar-refractivity contribution is 5.76. The van der Waals surface area contributed by atoms with Crippen molar-refractivity contribution in [1.29, 1.82) is 0 Å². The van der Waals surface area contributed by atoms with E-state index in [-0.39, 0.29) is 18.1 Å². The molecule has 0 aromatic heterocycles. The summed E-state index contributed by atoms with van der Waals surface area (Å²) in [6.07, 6.45) is 4.25. The molecule has 0 aromatic rings. The number of hydrogen-bond acceptors (Lipinski definition) is 4. The van der Waals surface area contributed by atoms with E-state index in [2.05, 4.69) is 17.6 Å². The maximum absolute atomic E-state index is 12.1. The Kier molecular flexibility index (Phi) is 6.93. The van der Waals surface area contributed by atoms with E-state index in [0.29, 0.717) is 31.5 Å². The molecule has 2 rings (SSSR count). The normalized spacial score (nSPS) is 29.0. The van der Waals surface area contributed by atoms with E-state index in [1.54, 1.807) is 0 Å². The third-order valence-corrected chi connectivity index (χ3v) is 4.52. The summed E-state index contributed by atoms with van der Waals surface area (Å²) in [5.74, 6) is 1.22. The van der Waals surface area contributed by atoms with Crippen LogP contribution in [-0.2, 0) is 14.3 Å². The highest BCUT2D eigenvalue weighted by atomic mass is 16.5. The van der Waals surface area contributed by atoms with Crippen LogP contribution in [0.4, 0.5) is 0 Å². The van der Waals surface area contributed by atoms with Crippen LogP contribution in [0.25, 0.3) is 0 Å². The molecule has 2 aliphatic rings. The Morgan fingerprint density at radius 1 is 1.43 bits per heavy atom. The van der Waals surface area contributed by atoms with E-state index in [9.17, 15) is 4.79 Å². The van der Waals surface area contributed by atoms with Gasteiger partial charge in [0.05, 0.1) is 19.3 Å². The average Bonchev–Trinajstić information content (AvgIpc) is 2.99. The molecule has 122 valence electrons. The SMILES string of the molecule is CC(COC1CCOC1)NC(=O)CC(C)C1CCCNC1. The quantitative estimate of drug-likeness (QED) is 0.744. The molecule has 4 unspecified atom stereocenters. The molecule has 1 amide bonds. The zero-order valence-corrected chi connectivity index (χ0v) is 13.4. The number of carbonyl (C=O) groups excluding carboxylic acids is 1. The van der Waals surface area contributed by atoms with Gasteiger partial charge in [-0.25, -0.2) is 0 Å². The first-order valence-corrected chi connectivity index (χ1v) is 8.34. The maximum Gasteiger partial charge on any atom is 0.220 e. The summed E-state index contributed by atoms with van der Waals surface area (Å²) in [6, 6.07) is 0.0646. The Hall–Kier alpha value is -0.650. The fourth-order valence-corrected chi connectivity index (χ4v) is 3.12. The maximum atomic E-state index is 12.1. The Bertz CT molecular complexity index is 313. The van der Waals surface area contributed by atoms with Crippen molar-refractivity contribution in [3.8, 4) is 0 Å². The summed E-state index contributed by atoms with van der Waals surface area (Å²) in [6.45, 7) is 8.40. The molecule has 2 N–H and O–H groups in total. The number of carbonyl (C=O) groups is 1. The van der Waals surface area contributed by atoms with Gasteiger partial charge in [-0.1, -0.05) is 6.92 Å². The molecule has 5 heteroatoms. The number of ether oxygens (including phenoxy) is 2. The second-order valence-electron chi connectivity index (χ2n) is 6.58. The van der Waals surface area contributed by atoms with Crippen LogP contribution < -0.4 is 10.6 Å². The van der Waals surface area contributed by atoms with Crippen molar-refractivity contribution in [3.63, 3.8) is 0 Å². The third kappa shape index (κ3) is 5.93. The Labute approximate surface area is 128 Å². The molecule has 0 aromatic carbocycles. The lowest BCUT2D eigenvalue weighted by Crippen LogP contribution is -2.39. The number of piperidine rings is 1. The van der Waals surface area contributed by atoms with Gasteiger partial charge in [-0.2, -0.15) is 0 Å². The van der Waals surface area contributed by atoms with Crippen LogP contribution >= 0.6 is 0 Å². The van der Waals surface area contributed by atoms with Gasteiger partial charge in [0.2, 0.25) is 5.91 Å². The summed E-state index contributed by atoms with van der Waals surface area (Å²) >= 11 is 0. The molecule has 0 radical (unpaired) electrons. The third-order valence-electron chi connectivity index (χ3n) is 4.52. The van der Waals surface area contributed by atoms with Crippen molar-refractivity contribution < 1.29 is 14.3 Å². The van der Waals surface area contributed by atoms with E-state index < -0.39 is 0 Å². The zero-order valence-electron chi connectivity index (χ0n) is 13.4. The van der Waals surface area contributed by atoms with Gasteiger partial charge in [-0.05, 0) is 51.1 Å². The average molecular weight is 298 g/mol. The van der Waals surface area contributed by atoms with Gasteiger partial charge in [0, 0.05) is 19.1 Å². The van der Waals surface area contributed by atoms with Gasteiger partial charge in [0.1, 0.15) is 0 Å². The molecule has 0 saturated carbocycles. The molecule has 0 spiro atoms. The van der Waals surface area contributed by atoms with Gasteiger partial charge in [0.25, 0.3) is 0 Å². The molecule has 2 fully saturated rings. The lowest BCUT2D eigenvalue weighted by molar-refractivity contribution is -0.123. The van der Waals surface area contributed by atoms with E-state index in [4.69, 9.17) is 9.47 Å². The van der Waals surface area contributed by atoms with Crippen molar-refractivity contribution >= 4 is 5.91 Å². The summed E-state index contributed by atoms with van der Waals surface area (Å²) < 4.78 is 11.0. The first-order valence-electron chi connectivity index (χ1n) is 8.34. The number of nitrogens with one attached hydrogen (secondary N) is 2. The Morgan fingerprint density at radius 3 is 2.95 bits per heavy atom. The summed E-state index contributed by atoms with van der Waals surface area (Å²) in [5, 5.41) is 6.47. The van der Waals surface area contributed by atoms with Crippen molar-refractivity contribution in [1.82, 2.24) is 10.6 Å². The van der Waals surface area contributed by atoms with E-state index in [1.165, 1.54) is 12.8 Å². The second-order valence-corrected chi connectivity index (χ2v) is 6.58. The first-order chi connectivity index (χ1) is 10.1. The van der Waals surface area contributed by atoms with Gasteiger partial charge in [-0.15, -0.1) is 0 Å². The number of hydrogen-bond donors (Lipinski definition) is 2. The molecular weight excluding hydrogens is 268 g/mol. The van der Waals surface area contributed by atoms with E-state index >= 15 is 0 Å². The highest BCUT2D eigenvalue weighted by Crippen LogP contribution is 2.22. The van der Waals surface area contributed by atoms with Crippen molar-refractivity contribution in [2.75, 3.05) is 32.9 Å². The monoisotopic (exact) mass is 298 g/mol. The number of rotatable bonds is 7. The molecule has 21 heavy (non-hydrogen) atoms. The molecule has 2 heterocycles. The minimum atomic E-state index is 0.0646. The van der Waals surface area contributed by atoms with Gasteiger partial charge in [0.15, 0.2) is 0 Å². The largest absolute Gasteiger partial charge is 0.379 e. The molecule has 4 atom stereocenters. The molecule has 0 aliphatic carbocycles. The lowest BCUT2D eigenvalue weighted by atomic mass is 9.85. The molecule has 2 aliphatic heterocycles. The zero-order chi connectivity index (χ0) is 15.1. The first kappa shape index (κ1) is 16.7. The summed E-state index contributed by atoms with van der Waals surface area (Å²) in [7, 11) is 0. The Balaban J connectivity index is 1.60. The predicted octanol–water partition coefficient (Wildman–Crippen LogP) is 1.32. The van der Waals surface area contributed by atoms with Crippen LogP contribution in [0.1, 0.15) is 39.5 Å². The highest BCUT2D eigenvalue weighted by Gasteiger charge is 2.23. The van der Waals surface area contributed by atoms with E-state index in [1.807, 2.05) is 6.92 Å². The van der Waals surface area contributed by atoms with Crippen LogP contribution in [0, 0.1) is 11.8 Å². The summed E-state index contributed by atoms with van der Waals surface area (Å²) in [5.41, 5.74) is 0. The summed E-state index contributed by atoms with van der Waals surface area (Å²) in [4.78, 5) is 12.1. The fraction of sp³-hybridized carbons (Fsp3) is 0.938. The molecule has 2 saturated heterocycles. The Morgan fingerprint density at radius 2 is 2.29 bits per heavy atom. The second kappa shape index (κ2) is 8.71. The minimum absolute atomic E-state index is 0.0646. The number of amides is 1. The van der Waals surface area contributed by atoms with E-state index in [0.717, 1.165) is 26.1 Å². The lowest BCUT2D eigenvalue weighted by Gasteiger charge is -2.28. The van der Waals surface area contributed by atoms with Crippen LogP contribution in [-0.4, -0.2) is 51.0 Å². The predicted molar refractivity (Wildman–Crippen MR) is 82.2 cm³/mol. The van der Waals surface area contributed by atoms with Crippen LogP contribution in [0.2, 0.25) is 0 Å². The van der Waals surface area contributed by atoms with Crippen LogP contribution in [0.5, 0.6) is 0 Å². The molecular formula is C16H30N2O3. The minimum Gasteiger partial charge on any atom is -0.379 e. The van der Waals surface area contributed by atoms with Gasteiger partial charge >= 0.3 is 0 Å². The standard InChI is InChI=1S/C16H30N2O3/c1-12(14-4-3-6-17-9-14)8-16(19)18-13(2)10-21-15-5-7-20-11-15/h12-15,17H,3-11H2,1-2H3,(H,18,19). The van der Waals surface area contributed by atoms with Crippen LogP contribution in [0.3, 0.4) is 0 Å².